The van der Waals surface area contributed by atoms with Gasteiger partial charge in [-0.3, -0.25) is 9.69 Å². The first-order chi connectivity index (χ1) is 12.7. The van der Waals surface area contributed by atoms with Gasteiger partial charge in [-0.25, -0.2) is 0 Å². The summed E-state index contributed by atoms with van der Waals surface area (Å²) in [6.07, 6.45) is 0.723. The molecule has 1 aliphatic heterocycles. The number of aromatic nitrogens is 1. The minimum absolute atomic E-state index is 0.188. The van der Waals surface area contributed by atoms with Gasteiger partial charge in [-0.05, 0) is 30.0 Å². The van der Waals surface area contributed by atoms with Crippen molar-refractivity contribution in [2.45, 2.75) is 19.3 Å². The molecule has 0 saturated carbocycles. The van der Waals surface area contributed by atoms with Gasteiger partial charge in [-0.15, -0.1) is 0 Å². The number of ether oxygens (including phenoxy) is 1. The van der Waals surface area contributed by atoms with E-state index in [9.17, 15) is 4.79 Å². The van der Waals surface area contributed by atoms with Gasteiger partial charge in [0, 0.05) is 6.07 Å². The van der Waals surface area contributed by atoms with Gasteiger partial charge in [-0.1, -0.05) is 54.5 Å². The van der Waals surface area contributed by atoms with E-state index in [-0.39, 0.29) is 11.7 Å². The predicted octanol–water partition coefficient (Wildman–Crippen LogP) is 4.06. The molecule has 1 aromatic heterocycles. The average molecular weight is 348 g/mol. The molecule has 1 atom stereocenters. The van der Waals surface area contributed by atoms with Crippen molar-refractivity contribution in [3.8, 4) is 5.75 Å². The van der Waals surface area contributed by atoms with Gasteiger partial charge in [0.25, 0.3) is 5.91 Å². The standard InChI is InChI=1S/C21H20N2O3/c1-15(16-7-3-2-4-8-16)13-17-14-20(26-22-17)21(24)23-11-12-25-19-10-6-5-9-18(19)23/h2-10,14-15H,11-13H2,1H3/t15-/m1/s1. The van der Waals surface area contributed by atoms with Crippen LogP contribution in [0.3, 0.4) is 0 Å². The molecule has 5 heteroatoms. The topological polar surface area (TPSA) is 55.6 Å². The summed E-state index contributed by atoms with van der Waals surface area (Å²) in [4.78, 5) is 14.6. The minimum Gasteiger partial charge on any atom is -0.490 e. The normalized spacial score (nSPS) is 14.4. The van der Waals surface area contributed by atoms with E-state index in [1.54, 1.807) is 11.0 Å². The van der Waals surface area contributed by atoms with Crippen LogP contribution < -0.4 is 9.64 Å². The van der Waals surface area contributed by atoms with Crippen LogP contribution in [0.25, 0.3) is 0 Å². The molecule has 3 aromatic rings. The molecule has 26 heavy (non-hydrogen) atoms. The van der Waals surface area contributed by atoms with Crippen LogP contribution in [-0.2, 0) is 6.42 Å². The maximum absolute atomic E-state index is 12.9. The van der Waals surface area contributed by atoms with Crippen LogP contribution in [0, 0.1) is 0 Å². The molecule has 4 rings (SSSR count). The van der Waals surface area contributed by atoms with Crippen LogP contribution >= 0.6 is 0 Å². The molecule has 2 heterocycles. The number of fused-ring (bicyclic) bond motifs is 1. The van der Waals surface area contributed by atoms with Crippen molar-refractivity contribution < 1.29 is 14.1 Å². The minimum atomic E-state index is -0.188. The van der Waals surface area contributed by atoms with Crippen LogP contribution in [-0.4, -0.2) is 24.2 Å². The molecule has 1 aliphatic rings. The highest BCUT2D eigenvalue weighted by atomic mass is 16.5. The third kappa shape index (κ3) is 3.20. The summed E-state index contributed by atoms with van der Waals surface area (Å²) < 4.78 is 11.0. The monoisotopic (exact) mass is 348 g/mol. The van der Waals surface area contributed by atoms with Crippen LogP contribution in [0.15, 0.2) is 65.2 Å². The Labute approximate surface area is 152 Å². The van der Waals surface area contributed by atoms with Crippen molar-refractivity contribution >= 4 is 11.6 Å². The van der Waals surface area contributed by atoms with E-state index in [0.29, 0.717) is 24.8 Å². The first-order valence-corrected chi connectivity index (χ1v) is 8.76. The van der Waals surface area contributed by atoms with Gasteiger partial charge in [-0.2, -0.15) is 0 Å². The summed E-state index contributed by atoms with van der Waals surface area (Å²) in [5, 5.41) is 4.10. The molecule has 0 radical (unpaired) electrons. The Kier molecular flexibility index (Phi) is 4.44. The molecule has 5 nitrogen and oxygen atoms in total. The number of carbonyl (C=O) groups excluding carboxylic acids is 1. The van der Waals surface area contributed by atoms with E-state index in [1.807, 2.05) is 42.5 Å². The van der Waals surface area contributed by atoms with Crippen molar-refractivity contribution in [2.24, 2.45) is 0 Å². The van der Waals surface area contributed by atoms with E-state index in [0.717, 1.165) is 17.8 Å². The Morgan fingerprint density at radius 1 is 1.15 bits per heavy atom. The molecule has 0 fully saturated rings. The lowest BCUT2D eigenvalue weighted by Gasteiger charge is -2.28. The van der Waals surface area contributed by atoms with Crippen molar-refractivity contribution in [1.29, 1.82) is 0 Å². The number of hydrogen-bond acceptors (Lipinski definition) is 4. The molecule has 132 valence electrons. The zero-order valence-electron chi connectivity index (χ0n) is 14.6. The number of benzene rings is 2. The zero-order chi connectivity index (χ0) is 17.9. The van der Waals surface area contributed by atoms with Crippen molar-refractivity contribution in [2.75, 3.05) is 18.1 Å². The van der Waals surface area contributed by atoms with Crippen LogP contribution in [0.4, 0.5) is 5.69 Å². The number of amides is 1. The van der Waals surface area contributed by atoms with Gasteiger partial charge >= 0.3 is 0 Å². The summed E-state index contributed by atoms with van der Waals surface area (Å²) in [5.41, 5.74) is 2.79. The molecular weight excluding hydrogens is 328 g/mol. The summed E-state index contributed by atoms with van der Waals surface area (Å²) in [7, 11) is 0. The van der Waals surface area contributed by atoms with Gasteiger partial charge in [0.05, 0.1) is 17.9 Å². The summed E-state index contributed by atoms with van der Waals surface area (Å²) >= 11 is 0. The fraction of sp³-hybridized carbons (Fsp3) is 0.238. The van der Waals surface area contributed by atoms with Gasteiger partial charge in [0.1, 0.15) is 12.4 Å². The largest absolute Gasteiger partial charge is 0.490 e. The van der Waals surface area contributed by atoms with Gasteiger partial charge in [0.2, 0.25) is 5.76 Å². The second-order valence-corrected chi connectivity index (χ2v) is 6.47. The van der Waals surface area contributed by atoms with E-state index in [1.165, 1.54) is 5.56 Å². The molecule has 2 aromatic carbocycles. The first-order valence-electron chi connectivity index (χ1n) is 8.76. The van der Waals surface area contributed by atoms with Gasteiger partial charge in [0.15, 0.2) is 0 Å². The van der Waals surface area contributed by atoms with E-state index in [2.05, 4.69) is 24.2 Å². The van der Waals surface area contributed by atoms with E-state index in [4.69, 9.17) is 9.26 Å². The summed E-state index contributed by atoms with van der Waals surface area (Å²) in [6.45, 7) is 3.10. The van der Waals surface area contributed by atoms with Crippen molar-refractivity contribution in [3.05, 3.63) is 77.7 Å². The Balaban J connectivity index is 1.51. The third-order valence-corrected chi connectivity index (χ3v) is 4.63. The zero-order valence-corrected chi connectivity index (χ0v) is 14.6. The predicted molar refractivity (Wildman–Crippen MR) is 98.7 cm³/mol. The molecule has 0 unspecified atom stereocenters. The Hall–Kier alpha value is -3.08. The number of hydrogen-bond donors (Lipinski definition) is 0. The number of nitrogens with zero attached hydrogens (tertiary/aromatic N) is 2. The molecular formula is C21H20N2O3. The molecule has 0 saturated heterocycles. The lowest BCUT2D eigenvalue weighted by molar-refractivity contribution is 0.0941. The van der Waals surface area contributed by atoms with Gasteiger partial charge < -0.3 is 9.26 Å². The number of anilines is 1. The van der Waals surface area contributed by atoms with Crippen LogP contribution in [0.2, 0.25) is 0 Å². The van der Waals surface area contributed by atoms with E-state index >= 15 is 0 Å². The first kappa shape index (κ1) is 16.4. The molecule has 0 aliphatic carbocycles. The summed E-state index contributed by atoms with van der Waals surface area (Å²) in [6, 6.07) is 19.5. The molecule has 0 bridgehead atoms. The maximum Gasteiger partial charge on any atom is 0.297 e. The average Bonchev–Trinajstić information content (AvgIpc) is 3.16. The Bertz CT molecular complexity index is 904. The fourth-order valence-corrected chi connectivity index (χ4v) is 3.24. The Morgan fingerprint density at radius 3 is 2.77 bits per heavy atom. The highest BCUT2D eigenvalue weighted by Crippen LogP contribution is 2.32. The molecule has 1 amide bonds. The highest BCUT2D eigenvalue weighted by molar-refractivity contribution is 6.05. The third-order valence-electron chi connectivity index (χ3n) is 4.63. The fourth-order valence-electron chi connectivity index (χ4n) is 3.24. The SMILES string of the molecule is C[C@H](Cc1cc(C(=O)N2CCOc3ccccc32)on1)c1ccccc1. The van der Waals surface area contributed by atoms with Crippen LogP contribution in [0.1, 0.15) is 34.7 Å². The maximum atomic E-state index is 12.9. The second-order valence-electron chi connectivity index (χ2n) is 6.47. The number of rotatable bonds is 4. The lowest BCUT2D eigenvalue weighted by Crippen LogP contribution is -2.37. The smallest absolute Gasteiger partial charge is 0.297 e. The highest BCUT2D eigenvalue weighted by Gasteiger charge is 2.27. The van der Waals surface area contributed by atoms with Crippen LogP contribution in [0.5, 0.6) is 5.75 Å². The second kappa shape index (κ2) is 7.04. The van der Waals surface area contributed by atoms with E-state index < -0.39 is 0 Å². The lowest BCUT2D eigenvalue weighted by atomic mass is 9.96. The quantitative estimate of drug-likeness (QED) is 0.713. The summed E-state index contributed by atoms with van der Waals surface area (Å²) in [5.74, 6) is 1.08. The molecule has 0 N–H and O–H groups in total. The Morgan fingerprint density at radius 2 is 1.92 bits per heavy atom. The van der Waals surface area contributed by atoms with Crippen molar-refractivity contribution in [1.82, 2.24) is 5.16 Å². The number of para-hydroxylation sites is 2. The van der Waals surface area contributed by atoms with Crippen molar-refractivity contribution in [3.63, 3.8) is 0 Å². The number of carbonyl (C=O) groups is 1. The molecule has 0 spiro atoms.